The second-order valence-corrected chi connectivity index (χ2v) is 8.44. The van der Waals surface area contributed by atoms with E-state index in [9.17, 15) is 13.2 Å². The molecule has 1 amide bonds. The molecule has 0 radical (unpaired) electrons. The molecule has 9 heteroatoms. The Balaban J connectivity index is 2.29. The summed E-state index contributed by atoms with van der Waals surface area (Å²) in [5, 5.41) is 3.73. The molecule has 0 aromatic heterocycles. The first-order valence-corrected chi connectivity index (χ1v) is 10.1. The number of hydrogen-bond donors (Lipinski definition) is 1. The van der Waals surface area contributed by atoms with Crippen molar-refractivity contribution in [3.8, 4) is 0 Å². The maximum Gasteiger partial charge on any atom is 0.247 e. The van der Waals surface area contributed by atoms with Crippen molar-refractivity contribution in [2.24, 2.45) is 0 Å². The Kier molecular flexibility index (Phi) is 6.21. The van der Waals surface area contributed by atoms with Crippen molar-refractivity contribution in [3.63, 3.8) is 0 Å². The molecule has 1 N–H and O–H groups in total. The van der Waals surface area contributed by atoms with Gasteiger partial charge in [-0.2, -0.15) is 0 Å². The van der Waals surface area contributed by atoms with Crippen molar-refractivity contribution in [1.29, 1.82) is 0 Å². The molecule has 134 valence electrons. The van der Waals surface area contributed by atoms with Crippen molar-refractivity contribution >= 4 is 62.1 Å². The lowest BCUT2D eigenvalue weighted by atomic mass is 10.2. The van der Waals surface area contributed by atoms with Crippen molar-refractivity contribution in [2.75, 3.05) is 15.9 Å². The number of halogens is 3. The Morgan fingerprint density at radius 3 is 2.16 bits per heavy atom. The fourth-order valence-corrected chi connectivity index (χ4v) is 3.82. The molecule has 0 aliphatic heterocycles. The van der Waals surface area contributed by atoms with Gasteiger partial charge in [-0.25, -0.2) is 8.42 Å². The molecule has 0 bridgehead atoms. The van der Waals surface area contributed by atoms with Gasteiger partial charge in [0.25, 0.3) is 0 Å². The lowest BCUT2D eigenvalue weighted by molar-refractivity contribution is -0.116. The average molecular weight is 422 g/mol. The molecule has 0 fully saturated rings. The van der Waals surface area contributed by atoms with Gasteiger partial charge in [-0.15, -0.1) is 0 Å². The van der Waals surface area contributed by atoms with E-state index in [0.717, 1.165) is 10.6 Å². The molecule has 2 rings (SSSR count). The fourth-order valence-electron chi connectivity index (χ4n) is 2.22. The van der Waals surface area contributed by atoms with Crippen LogP contribution >= 0.6 is 34.8 Å². The molecule has 0 aliphatic carbocycles. The number of hydrogen-bond acceptors (Lipinski definition) is 3. The molecule has 0 saturated heterocycles. The second-order valence-electron chi connectivity index (χ2n) is 5.33. The zero-order valence-electron chi connectivity index (χ0n) is 13.3. The van der Waals surface area contributed by atoms with E-state index >= 15 is 0 Å². The summed E-state index contributed by atoms with van der Waals surface area (Å²) in [5.41, 5.74) is 0.750. The SMILES string of the molecule is C[C@@H](C(=O)Nc1ccc(Cl)c(Cl)c1)N(c1ccc(Cl)cc1)S(C)(=O)=O. The van der Waals surface area contributed by atoms with Crippen LogP contribution in [0.5, 0.6) is 0 Å². The number of nitrogens with one attached hydrogen (secondary N) is 1. The molecule has 2 aromatic carbocycles. The summed E-state index contributed by atoms with van der Waals surface area (Å²) in [6.45, 7) is 1.49. The fraction of sp³-hybridized carbons (Fsp3) is 0.188. The molecule has 0 heterocycles. The minimum Gasteiger partial charge on any atom is -0.324 e. The normalized spacial score (nSPS) is 12.5. The molecule has 0 spiro atoms. The van der Waals surface area contributed by atoms with Gasteiger partial charge >= 0.3 is 0 Å². The summed E-state index contributed by atoms with van der Waals surface area (Å²) in [7, 11) is -3.70. The summed E-state index contributed by atoms with van der Waals surface area (Å²) in [4.78, 5) is 12.5. The first kappa shape index (κ1) is 19.8. The maximum absolute atomic E-state index is 12.5. The van der Waals surface area contributed by atoms with Gasteiger partial charge in [-0.3, -0.25) is 9.10 Å². The predicted octanol–water partition coefficient (Wildman–Crippen LogP) is 4.44. The van der Waals surface area contributed by atoms with E-state index < -0.39 is 22.0 Å². The van der Waals surface area contributed by atoms with Gasteiger partial charge in [0.2, 0.25) is 15.9 Å². The number of carbonyl (C=O) groups excluding carboxylic acids is 1. The van der Waals surface area contributed by atoms with E-state index in [4.69, 9.17) is 34.8 Å². The Bertz CT molecular complexity index is 886. The van der Waals surface area contributed by atoms with E-state index in [1.54, 1.807) is 18.2 Å². The van der Waals surface area contributed by atoms with E-state index in [0.29, 0.717) is 21.4 Å². The third-order valence-electron chi connectivity index (χ3n) is 3.36. The van der Waals surface area contributed by atoms with Crippen LogP contribution in [0.15, 0.2) is 42.5 Å². The molecule has 2 aromatic rings. The zero-order chi connectivity index (χ0) is 18.8. The molecule has 0 saturated carbocycles. The van der Waals surface area contributed by atoms with Gasteiger partial charge in [0, 0.05) is 10.7 Å². The summed E-state index contributed by atoms with van der Waals surface area (Å²) in [6.07, 6.45) is 1.03. The average Bonchev–Trinajstić information content (AvgIpc) is 2.51. The van der Waals surface area contributed by atoms with Crippen molar-refractivity contribution < 1.29 is 13.2 Å². The van der Waals surface area contributed by atoms with Crippen molar-refractivity contribution in [2.45, 2.75) is 13.0 Å². The number of benzene rings is 2. The predicted molar refractivity (Wildman–Crippen MR) is 103 cm³/mol. The van der Waals surface area contributed by atoms with Gasteiger partial charge in [0.15, 0.2) is 0 Å². The molecular formula is C16H15Cl3N2O3S. The lowest BCUT2D eigenvalue weighted by Gasteiger charge is -2.28. The highest BCUT2D eigenvalue weighted by Crippen LogP contribution is 2.26. The summed E-state index contributed by atoms with van der Waals surface area (Å²) < 4.78 is 25.4. The van der Waals surface area contributed by atoms with Gasteiger partial charge in [0.1, 0.15) is 6.04 Å². The Morgan fingerprint density at radius 2 is 1.64 bits per heavy atom. The molecular weight excluding hydrogens is 407 g/mol. The van der Waals surface area contributed by atoms with Gasteiger partial charge in [-0.1, -0.05) is 34.8 Å². The molecule has 0 aliphatic rings. The zero-order valence-corrected chi connectivity index (χ0v) is 16.4. The highest BCUT2D eigenvalue weighted by Gasteiger charge is 2.29. The maximum atomic E-state index is 12.5. The Hall–Kier alpha value is -1.47. The molecule has 1 atom stereocenters. The number of nitrogens with zero attached hydrogens (tertiary/aromatic N) is 1. The summed E-state index contributed by atoms with van der Waals surface area (Å²) >= 11 is 17.6. The van der Waals surface area contributed by atoms with Crippen LogP contribution in [0.2, 0.25) is 15.1 Å². The lowest BCUT2D eigenvalue weighted by Crippen LogP contribution is -2.45. The summed E-state index contributed by atoms with van der Waals surface area (Å²) in [6, 6.07) is 9.78. The number of carbonyl (C=O) groups is 1. The van der Waals surface area contributed by atoms with Crippen LogP contribution in [0, 0.1) is 0 Å². The van der Waals surface area contributed by atoms with Gasteiger partial charge in [0.05, 0.1) is 22.0 Å². The first-order chi connectivity index (χ1) is 11.6. The highest BCUT2D eigenvalue weighted by atomic mass is 35.5. The minimum atomic E-state index is -3.70. The van der Waals surface area contributed by atoms with Crippen LogP contribution in [0.1, 0.15) is 6.92 Å². The number of sulfonamides is 1. The molecule has 25 heavy (non-hydrogen) atoms. The van der Waals surface area contributed by atoms with Crippen LogP contribution < -0.4 is 9.62 Å². The quantitative estimate of drug-likeness (QED) is 0.776. The van der Waals surface area contributed by atoms with Crippen LogP contribution in [-0.4, -0.2) is 26.6 Å². The van der Waals surface area contributed by atoms with E-state index in [-0.39, 0.29) is 5.02 Å². The van der Waals surface area contributed by atoms with Crippen LogP contribution in [0.4, 0.5) is 11.4 Å². The van der Waals surface area contributed by atoms with E-state index in [2.05, 4.69) is 5.32 Å². The van der Waals surface area contributed by atoms with Crippen LogP contribution in [0.3, 0.4) is 0 Å². The monoisotopic (exact) mass is 420 g/mol. The Labute approximate surface area is 161 Å². The second kappa shape index (κ2) is 7.83. The summed E-state index contributed by atoms with van der Waals surface area (Å²) in [5.74, 6) is -0.515. The number of rotatable bonds is 5. The van der Waals surface area contributed by atoms with Crippen molar-refractivity contribution in [3.05, 3.63) is 57.5 Å². The molecule has 0 unspecified atom stereocenters. The standard InChI is InChI=1S/C16H15Cl3N2O3S/c1-10(16(22)20-12-5-8-14(18)15(19)9-12)21(25(2,23)24)13-6-3-11(17)4-7-13/h3-10H,1-2H3,(H,20,22)/t10-/m0/s1. The third-order valence-corrected chi connectivity index (χ3v) is 5.59. The molecule has 5 nitrogen and oxygen atoms in total. The van der Waals surface area contributed by atoms with E-state index in [1.165, 1.54) is 31.2 Å². The number of anilines is 2. The third kappa shape index (κ3) is 5.01. The minimum absolute atomic E-state index is 0.282. The van der Waals surface area contributed by atoms with E-state index in [1.807, 2.05) is 0 Å². The highest BCUT2D eigenvalue weighted by molar-refractivity contribution is 7.92. The van der Waals surface area contributed by atoms with Crippen LogP contribution in [0.25, 0.3) is 0 Å². The topological polar surface area (TPSA) is 66.5 Å². The van der Waals surface area contributed by atoms with Gasteiger partial charge < -0.3 is 5.32 Å². The Morgan fingerprint density at radius 1 is 1.04 bits per heavy atom. The first-order valence-electron chi connectivity index (χ1n) is 7.10. The number of amides is 1. The van der Waals surface area contributed by atoms with Crippen molar-refractivity contribution in [1.82, 2.24) is 0 Å². The van der Waals surface area contributed by atoms with Gasteiger partial charge in [-0.05, 0) is 49.4 Å². The smallest absolute Gasteiger partial charge is 0.247 e. The largest absolute Gasteiger partial charge is 0.324 e. The van der Waals surface area contributed by atoms with Crippen LogP contribution in [-0.2, 0) is 14.8 Å².